The van der Waals surface area contributed by atoms with Gasteiger partial charge in [0.25, 0.3) is 0 Å². The van der Waals surface area contributed by atoms with Crippen LogP contribution in [0.1, 0.15) is 0 Å². The third-order valence-corrected chi connectivity index (χ3v) is 26.3. The summed E-state index contributed by atoms with van der Waals surface area (Å²) in [4.78, 5) is 25.9. The second-order valence-electron chi connectivity index (χ2n) is 30.4. The minimum absolute atomic E-state index is 0.654. The minimum atomic E-state index is 0.654. The molecule has 0 radical (unpaired) electrons. The van der Waals surface area contributed by atoms with Crippen LogP contribution >= 0.6 is 22.7 Å². The van der Waals surface area contributed by atoms with Gasteiger partial charge in [0.1, 0.15) is 11.2 Å². The first-order chi connectivity index (χ1) is 59.1. The number of rotatable bonds is 6. The highest BCUT2D eigenvalue weighted by atomic mass is 32.1. The lowest BCUT2D eigenvalue weighted by atomic mass is 9.99. The third-order valence-electron chi connectivity index (χ3n) is 24.0. The molecule has 0 N–H and O–H groups in total. The Morgan fingerprint density at radius 3 is 1.18 bits per heavy atom. The van der Waals surface area contributed by atoms with Gasteiger partial charge in [0.2, 0.25) is 11.9 Å². The number of benzene rings is 17. The molecule has 12 heteroatoms. The summed E-state index contributed by atoms with van der Waals surface area (Å²) < 4.78 is 20.9. The topological polar surface area (TPSA) is 97.3 Å². The Kier molecular flexibility index (Phi) is 14.9. The Morgan fingerprint density at radius 2 is 0.630 bits per heavy atom. The fourth-order valence-electron chi connectivity index (χ4n) is 18.9. The number of aromatic nitrogens is 9. The smallest absolute Gasteiger partial charge is 0.235 e. The van der Waals surface area contributed by atoms with Gasteiger partial charge in [-0.15, -0.1) is 22.7 Å². The molecule has 10 nitrogen and oxygen atoms in total. The van der Waals surface area contributed by atoms with Crippen molar-refractivity contribution in [2.24, 2.45) is 0 Å². The lowest BCUT2D eigenvalue weighted by Crippen LogP contribution is -2.03. The molecule has 27 rings (SSSR count). The molecule has 554 valence electrons. The number of fused-ring (bicyclic) bond motifs is 31. The third kappa shape index (κ3) is 10.1. The number of hydrogen-bond donors (Lipinski definition) is 0. The molecule has 0 spiro atoms. The van der Waals surface area contributed by atoms with Gasteiger partial charge in [0.05, 0.1) is 71.3 Å². The van der Waals surface area contributed by atoms with Crippen molar-refractivity contribution in [1.29, 1.82) is 0 Å². The van der Waals surface area contributed by atoms with Gasteiger partial charge in [-0.25, -0.2) is 24.9 Å². The van der Waals surface area contributed by atoms with Gasteiger partial charge < -0.3 is 8.98 Å². The van der Waals surface area contributed by atoms with Crippen molar-refractivity contribution >= 4 is 216 Å². The van der Waals surface area contributed by atoms with E-state index in [2.05, 4.69) is 358 Å². The highest BCUT2D eigenvalue weighted by Gasteiger charge is 2.28. The maximum absolute atomic E-state index is 6.53. The average Bonchev–Trinajstić information content (AvgIpc) is 1.54. The zero-order valence-corrected chi connectivity index (χ0v) is 65.3. The predicted octanol–water partition coefficient (Wildman–Crippen LogP) is 29.0. The van der Waals surface area contributed by atoms with E-state index in [0.29, 0.717) is 11.9 Å². The summed E-state index contributed by atoms with van der Waals surface area (Å²) in [6.07, 6.45) is 1.96. The van der Waals surface area contributed by atoms with Gasteiger partial charge in [0, 0.05) is 145 Å². The lowest BCUT2D eigenvalue weighted by Gasteiger charge is -2.13. The summed E-state index contributed by atoms with van der Waals surface area (Å²) in [6, 6.07) is 133. The molecular weight excluding hydrogens is 1490 g/mol. The van der Waals surface area contributed by atoms with E-state index < -0.39 is 0 Å². The van der Waals surface area contributed by atoms with Gasteiger partial charge in [-0.2, -0.15) is 0 Å². The normalized spacial score (nSPS) is 12.0. The van der Waals surface area contributed by atoms with E-state index in [0.717, 1.165) is 116 Å². The van der Waals surface area contributed by atoms with Gasteiger partial charge in [-0.1, -0.05) is 291 Å². The van der Waals surface area contributed by atoms with Crippen LogP contribution in [0.4, 0.5) is 0 Å². The molecule has 0 unspecified atom stereocenters. The summed E-state index contributed by atoms with van der Waals surface area (Å²) in [5.74, 6) is 2.33. The fourth-order valence-corrected chi connectivity index (χ4v) is 21.3. The van der Waals surface area contributed by atoms with Crippen LogP contribution in [0.5, 0.6) is 0 Å². The second kappa shape index (κ2) is 26.5. The molecule has 0 aliphatic heterocycles. The Hall–Kier alpha value is -15.5. The second-order valence-corrected chi connectivity index (χ2v) is 32.5. The Bertz CT molecular complexity index is 8460. The van der Waals surface area contributed by atoms with Crippen molar-refractivity contribution in [1.82, 2.24) is 43.2 Å². The largest absolute Gasteiger partial charge is 0.455 e. The highest BCUT2D eigenvalue weighted by molar-refractivity contribution is 7.27. The van der Waals surface area contributed by atoms with Crippen molar-refractivity contribution < 1.29 is 4.42 Å². The molecule has 10 aromatic heterocycles. The summed E-state index contributed by atoms with van der Waals surface area (Å²) >= 11 is 3.70. The van der Waals surface area contributed by atoms with Crippen LogP contribution in [0.15, 0.2) is 387 Å². The fraction of sp³-hybridized carbons (Fsp3) is 0. The van der Waals surface area contributed by atoms with Crippen molar-refractivity contribution in [3.8, 4) is 45.9 Å². The monoisotopic (exact) mass is 1550 g/mol. The quantitative estimate of drug-likeness (QED) is 0.165. The molecule has 0 amide bonds. The van der Waals surface area contributed by atoms with Gasteiger partial charge in [-0.3, -0.25) is 13.7 Å². The first-order valence-corrected chi connectivity index (χ1v) is 41.7. The zero-order valence-electron chi connectivity index (χ0n) is 63.6. The van der Waals surface area contributed by atoms with E-state index in [1.807, 2.05) is 65.3 Å². The summed E-state index contributed by atoms with van der Waals surface area (Å²) in [5.41, 5.74) is 18.1. The summed E-state index contributed by atoms with van der Waals surface area (Å²) in [7, 11) is 0. The summed E-state index contributed by atoms with van der Waals surface area (Å²) in [6.45, 7) is 0. The van der Waals surface area contributed by atoms with Crippen LogP contribution < -0.4 is 0 Å². The minimum Gasteiger partial charge on any atom is -0.455 e. The van der Waals surface area contributed by atoms with E-state index in [1.165, 1.54) is 111 Å². The van der Waals surface area contributed by atoms with Crippen molar-refractivity contribution in [3.63, 3.8) is 0 Å². The first-order valence-electron chi connectivity index (χ1n) is 40.0. The number of furan rings is 1. The molecule has 17 aromatic carbocycles. The number of nitrogens with zero attached hydrogens (tertiary/aromatic N) is 9. The summed E-state index contributed by atoms with van der Waals surface area (Å²) in [5, 5.41) is 24.0. The number of hydrogen-bond acceptors (Lipinski definition) is 8. The Morgan fingerprint density at radius 1 is 0.244 bits per heavy atom. The van der Waals surface area contributed by atoms with Gasteiger partial charge in [0.15, 0.2) is 5.82 Å². The molecule has 0 atom stereocenters. The molecule has 27 aromatic rings. The van der Waals surface area contributed by atoms with Crippen LogP contribution in [0.3, 0.4) is 0 Å². The maximum atomic E-state index is 6.53. The van der Waals surface area contributed by atoms with Crippen LogP contribution in [0, 0.1) is 0 Å². The van der Waals surface area contributed by atoms with Crippen LogP contribution in [0.25, 0.3) is 239 Å². The predicted molar refractivity (Wildman–Crippen MR) is 500 cm³/mol. The van der Waals surface area contributed by atoms with Crippen molar-refractivity contribution in [3.05, 3.63) is 382 Å². The molecule has 0 aliphatic rings. The molecular formula is C107H63N9OS2. The van der Waals surface area contributed by atoms with Gasteiger partial charge in [-0.05, 0) is 84.9 Å². The van der Waals surface area contributed by atoms with E-state index in [9.17, 15) is 0 Å². The van der Waals surface area contributed by atoms with Crippen LogP contribution in [0.2, 0.25) is 0 Å². The SMILES string of the molecule is c1ccc(-c2nc(-n3c4ccccc4c4c5c6ccccc6oc5c5ccccc5c43)nc3ccccc23)cc1.c1ccc(-c2nc(-n3c4ccccc4c4c5c6ccccc6sc5c5ccccc5c43)nc3ccccc23)cc1.c1ccc2c(c1)c1ccccc1n2-c1ccc2sc3c(-n4c5ccccc5c5ccccc54)nccc3c2c1. The number of thiophene rings is 2. The van der Waals surface area contributed by atoms with E-state index >= 15 is 0 Å². The van der Waals surface area contributed by atoms with E-state index in [4.69, 9.17) is 29.3 Å². The lowest BCUT2D eigenvalue weighted by molar-refractivity contribution is 0.673. The molecule has 10 heterocycles. The molecule has 119 heavy (non-hydrogen) atoms. The molecule has 0 saturated heterocycles. The van der Waals surface area contributed by atoms with Crippen molar-refractivity contribution in [2.45, 2.75) is 0 Å². The first kappa shape index (κ1) is 66.9. The number of pyridine rings is 1. The molecule has 0 saturated carbocycles. The van der Waals surface area contributed by atoms with Crippen LogP contribution in [-0.4, -0.2) is 43.2 Å². The zero-order chi connectivity index (χ0) is 77.9. The molecule has 0 fully saturated rings. The Labute approximate surface area is 686 Å². The standard InChI is InChI=1S/C36H21N3O.C36H21N3S.C35H21N3S/c2*1-2-12-22(13-3-1)33-25-16-6-9-19-28(25)37-36(38-33)39-29-20-10-7-17-26(29)31-32-27-18-8-11-21-30(27)40-35(32)24-15-5-4-14-23(24)34(31)39;1-5-13-29-23(9-1)24-10-2-6-14-30(24)37(29)22-17-18-33-28(21-22)27-19-20-36-35(34(27)39-33)38-31-15-7-3-11-25(31)26-12-4-8-16-32(26)38/h2*1-21H;1-21H. The molecule has 0 bridgehead atoms. The van der Waals surface area contributed by atoms with Gasteiger partial charge >= 0.3 is 0 Å². The van der Waals surface area contributed by atoms with E-state index in [-0.39, 0.29) is 0 Å². The Balaban J connectivity index is 0.0000000991. The van der Waals surface area contributed by atoms with Crippen molar-refractivity contribution in [2.75, 3.05) is 0 Å². The van der Waals surface area contributed by atoms with E-state index in [1.54, 1.807) is 0 Å². The highest BCUT2D eigenvalue weighted by Crippen LogP contribution is 2.51. The maximum Gasteiger partial charge on any atom is 0.235 e. The average molecular weight is 1550 g/mol. The number of para-hydroxylation sites is 9. The molecule has 0 aliphatic carbocycles. The van der Waals surface area contributed by atoms with Crippen LogP contribution in [-0.2, 0) is 0 Å².